The predicted molar refractivity (Wildman–Crippen MR) is 56.2 cm³/mol. The highest BCUT2D eigenvalue weighted by Gasteiger charge is 2.23. The highest BCUT2D eigenvalue weighted by molar-refractivity contribution is 6.30. The maximum Gasteiger partial charge on any atom is 0.302 e. The lowest BCUT2D eigenvalue weighted by atomic mass is 10.1. The fourth-order valence-electron chi connectivity index (χ4n) is 1.59. The molecule has 1 atom stereocenters. The number of fused-ring (bicyclic) bond motifs is 1. The molecule has 1 aromatic rings. The number of carbonyl (C=O) groups excluding carboxylic acids is 1. The van der Waals surface area contributed by atoms with Crippen molar-refractivity contribution >= 4 is 17.6 Å². The molecule has 0 N–H and O–H groups in total. The van der Waals surface area contributed by atoms with Gasteiger partial charge in [-0.3, -0.25) is 4.79 Å². The summed E-state index contributed by atoms with van der Waals surface area (Å²) in [5, 5.41) is 0.700. The average molecular weight is 227 g/mol. The number of ether oxygens (including phenoxy) is 2. The van der Waals surface area contributed by atoms with E-state index in [0.717, 1.165) is 17.7 Å². The number of carbonyl (C=O) groups is 1. The van der Waals surface area contributed by atoms with E-state index in [1.54, 1.807) is 6.07 Å². The zero-order chi connectivity index (χ0) is 10.8. The minimum absolute atomic E-state index is 0.0811. The topological polar surface area (TPSA) is 35.5 Å². The third-order valence-corrected chi connectivity index (χ3v) is 2.47. The van der Waals surface area contributed by atoms with Crippen molar-refractivity contribution in [2.45, 2.75) is 19.4 Å². The summed E-state index contributed by atoms with van der Waals surface area (Å²) in [5.74, 6) is 0.546. The molecule has 0 fully saturated rings. The van der Waals surface area contributed by atoms with Crippen LogP contribution in [0, 0.1) is 0 Å². The van der Waals surface area contributed by atoms with Crippen molar-refractivity contribution in [3.05, 3.63) is 28.8 Å². The van der Waals surface area contributed by atoms with Gasteiger partial charge in [0.1, 0.15) is 18.5 Å². The third-order valence-electron chi connectivity index (χ3n) is 2.24. The van der Waals surface area contributed by atoms with Gasteiger partial charge in [0.05, 0.1) is 0 Å². The second-order valence-electron chi connectivity index (χ2n) is 3.50. The normalized spacial score (nSPS) is 18.1. The molecule has 3 nitrogen and oxygen atoms in total. The Morgan fingerprint density at radius 2 is 2.47 bits per heavy atom. The molecule has 1 heterocycles. The minimum atomic E-state index is -0.285. The largest absolute Gasteiger partial charge is 0.486 e. The lowest BCUT2D eigenvalue weighted by Gasteiger charge is -2.09. The van der Waals surface area contributed by atoms with Crippen LogP contribution in [0.2, 0.25) is 5.02 Å². The molecule has 0 saturated carbocycles. The number of halogens is 1. The van der Waals surface area contributed by atoms with Gasteiger partial charge >= 0.3 is 5.97 Å². The molecular weight excluding hydrogens is 216 g/mol. The zero-order valence-corrected chi connectivity index (χ0v) is 9.08. The standard InChI is InChI=1S/C11H11ClO3/c1-7(13)14-6-10-5-8-4-9(12)2-3-11(8)15-10/h2-4,10H,5-6H2,1H3/t10-/m1/s1. The fourth-order valence-corrected chi connectivity index (χ4v) is 1.79. The Morgan fingerprint density at radius 3 is 3.20 bits per heavy atom. The Labute approximate surface area is 92.9 Å². The number of hydrogen-bond acceptors (Lipinski definition) is 3. The van der Waals surface area contributed by atoms with Crippen LogP contribution in [0.1, 0.15) is 12.5 Å². The van der Waals surface area contributed by atoms with Gasteiger partial charge in [-0.15, -0.1) is 0 Å². The lowest BCUT2D eigenvalue weighted by molar-refractivity contribution is -0.143. The van der Waals surface area contributed by atoms with E-state index >= 15 is 0 Å². The molecule has 0 bridgehead atoms. The lowest BCUT2D eigenvalue weighted by Crippen LogP contribution is -2.21. The summed E-state index contributed by atoms with van der Waals surface area (Å²) in [6.07, 6.45) is 0.658. The SMILES string of the molecule is CC(=O)OC[C@H]1Cc2cc(Cl)ccc2O1. The first kappa shape index (κ1) is 10.3. The van der Waals surface area contributed by atoms with E-state index in [1.807, 2.05) is 12.1 Å². The molecule has 0 aromatic heterocycles. The molecular formula is C11H11ClO3. The molecule has 1 aliphatic heterocycles. The van der Waals surface area contributed by atoms with Crippen molar-refractivity contribution in [1.82, 2.24) is 0 Å². The monoisotopic (exact) mass is 226 g/mol. The highest BCUT2D eigenvalue weighted by atomic mass is 35.5. The molecule has 4 heteroatoms. The van der Waals surface area contributed by atoms with E-state index in [-0.39, 0.29) is 12.1 Å². The van der Waals surface area contributed by atoms with E-state index in [4.69, 9.17) is 21.1 Å². The summed E-state index contributed by atoms with van der Waals surface area (Å²) >= 11 is 5.86. The first-order valence-electron chi connectivity index (χ1n) is 4.73. The van der Waals surface area contributed by atoms with E-state index in [0.29, 0.717) is 11.6 Å². The zero-order valence-electron chi connectivity index (χ0n) is 8.33. The molecule has 0 radical (unpaired) electrons. The predicted octanol–water partition coefficient (Wildman–Crippen LogP) is 2.21. The number of hydrogen-bond donors (Lipinski definition) is 0. The van der Waals surface area contributed by atoms with E-state index in [9.17, 15) is 4.79 Å². The van der Waals surface area contributed by atoms with Crippen molar-refractivity contribution in [3.8, 4) is 5.75 Å². The van der Waals surface area contributed by atoms with E-state index < -0.39 is 0 Å². The molecule has 0 saturated heterocycles. The second-order valence-corrected chi connectivity index (χ2v) is 3.94. The van der Waals surface area contributed by atoms with Crippen molar-refractivity contribution in [2.75, 3.05) is 6.61 Å². The minimum Gasteiger partial charge on any atom is -0.486 e. The highest BCUT2D eigenvalue weighted by Crippen LogP contribution is 2.31. The Kier molecular flexibility index (Phi) is 2.82. The van der Waals surface area contributed by atoms with Gasteiger partial charge in [0.15, 0.2) is 0 Å². The maximum atomic E-state index is 10.6. The van der Waals surface area contributed by atoms with Gasteiger partial charge < -0.3 is 9.47 Å². The van der Waals surface area contributed by atoms with Crippen LogP contribution in [-0.2, 0) is 16.0 Å². The Hall–Kier alpha value is -1.22. The quantitative estimate of drug-likeness (QED) is 0.726. The molecule has 0 aliphatic carbocycles. The van der Waals surface area contributed by atoms with E-state index in [1.165, 1.54) is 6.92 Å². The summed E-state index contributed by atoms with van der Waals surface area (Å²) in [6, 6.07) is 5.50. The third kappa shape index (κ3) is 2.42. The van der Waals surface area contributed by atoms with Gasteiger partial charge in [0.2, 0.25) is 0 Å². The Balaban J connectivity index is 2.00. The second kappa shape index (κ2) is 4.11. The van der Waals surface area contributed by atoms with Crippen molar-refractivity contribution in [3.63, 3.8) is 0 Å². The van der Waals surface area contributed by atoms with Crippen LogP contribution in [0.5, 0.6) is 5.75 Å². The first-order chi connectivity index (χ1) is 7.15. The molecule has 2 rings (SSSR count). The molecule has 15 heavy (non-hydrogen) atoms. The molecule has 1 aromatic carbocycles. The summed E-state index contributed by atoms with van der Waals surface area (Å²) in [6.45, 7) is 1.68. The summed E-state index contributed by atoms with van der Waals surface area (Å²) in [4.78, 5) is 10.6. The van der Waals surface area contributed by atoms with Gasteiger partial charge in [-0.25, -0.2) is 0 Å². The van der Waals surface area contributed by atoms with E-state index in [2.05, 4.69) is 0 Å². The summed E-state index contributed by atoms with van der Waals surface area (Å²) < 4.78 is 10.5. The van der Waals surface area contributed by atoms with Gasteiger partial charge in [-0.1, -0.05) is 11.6 Å². The Morgan fingerprint density at radius 1 is 1.67 bits per heavy atom. The number of esters is 1. The van der Waals surface area contributed by atoms with Crippen LogP contribution in [-0.4, -0.2) is 18.7 Å². The number of benzene rings is 1. The summed E-state index contributed by atoms with van der Waals surface area (Å²) in [7, 11) is 0. The van der Waals surface area contributed by atoms with Crippen molar-refractivity contribution in [2.24, 2.45) is 0 Å². The maximum absolute atomic E-state index is 10.6. The van der Waals surface area contributed by atoms with Gasteiger partial charge in [0.25, 0.3) is 0 Å². The van der Waals surface area contributed by atoms with Crippen LogP contribution < -0.4 is 4.74 Å². The summed E-state index contributed by atoms with van der Waals surface area (Å²) in [5.41, 5.74) is 1.07. The van der Waals surface area contributed by atoms with Gasteiger partial charge in [0, 0.05) is 18.4 Å². The average Bonchev–Trinajstić information content (AvgIpc) is 2.56. The number of rotatable bonds is 2. The van der Waals surface area contributed by atoms with Crippen LogP contribution >= 0.6 is 11.6 Å². The smallest absolute Gasteiger partial charge is 0.302 e. The molecule has 0 amide bonds. The van der Waals surface area contributed by atoms with Crippen LogP contribution in [0.3, 0.4) is 0 Å². The first-order valence-corrected chi connectivity index (χ1v) is 5.11. The van der Waals surface area contributed by atoms with Gasteiger partial charge in [-0.05, 0) is 23.8 Å². The fraction of sp³-hybridized carbons (Fsp3) is 0.364. The van der Waals surface area contributed by atoms with Crippen LogP contribution in [0.25, 0.3) is 0 Å². The molecule has 0 spiro atoms. The van der Waals surface area contributed by atoms with Crippen molar-refractivity contribution in [1.29, 1.82) is 0 Å². The molecule has 0 unspecified atom stereocenters. The molecule has 1 aliphatic rings. The molecule has 80 valence electrons. The van der Waals surface area contributed by atoms with Crippen molar-refractivity contribution < 1.29 is 14.3 Å². The van der Waals surface area contributed by atoms with Gasteiger partial charge in [-0.2, -0.15) is 0 Å². The Bertz CT molecular complexity index is 389. The van der Waals surface area contributed by atoms with Crippen LogP contribution in [0.4, 0.5) is 0 Å². The van der Waals surface area contributed by atoms with Crippen LogP contribution in [0.15, 0.2) is 18.2 Å².